The maximum absolute atomic E-state index is 12.9. The Kier molecular flexibility index (Phi) is 5.60. The van der Waals surface area contributed by atoms with Gasteiger partial charge in [0.25, 0.3) is 5.91 Å². The number of carbonyl (C=O) groups excluding carboxylic acids is 1. The summed E-state index contributed by atoms with van der Waals surface area (Å²) in [6, 6.07) is 11.6. The quantitative estimate of drug-likeness (QED) is 0.424. The summed E-state index contributed by atoms with van der Waals surface area (Å²) in [5.74, 6) is -0.508. The van der Waals surface area contributed by atoms with Crippen molar-refractivity contribution in [2.75, 3.05) is 0 Å². The zero-order valence-corrected chi connectivity index (χ0v) is 17.1. The Morgan fingerprint density at radius 1 is 1.06 bits per heavy atom. The highest BCUT2D eigenvalue weighted by Crippen LogP contribution is 2.30. The van der Waals surface area contributed by atoms with Gasteiger partial charge in [0.1, 0.15) is 5.56 Å². The van der Waals surface area contributed by atoms with Crippen molar-refractivity contribution in [2.45, 2.75) is 12.7 Å². The molecule has 0 radical (unpaired) electrons. The summed E-state index contributed by atoms with van der Waals surface area (Å²) in [4.78, 5) is 16.9. The fraction of sp³-hybridized carbons (Fsp3) is 0.0952. The second-order valence-electron chi connectivity index (χ2n) is 6.63. The first-order chi connectivity index (χ1) is 14.7. The number of aromatic nitrogens is 3. The van der Waals surface area contributed by atoms with E-state index in [4.69, 9.17) is 23.2 Å². The number of halogens is 5. The van der Waals surface area contributed by atoms with Gasteiger partial charge in [-0.25, -0.2) is 9.50 Å². The van der Waals surface area contributed by atoms with E-state index in [1.54, 1.807) is 24.3 Å². The molecule has 0 unspecified atom stereocenters. The Hall–Kier alpha value is -3.10. The average molecular weight is 465 g/mol. The zero-order chi connectivity index (χ0) is 22.2. The van der Waals surface area contributed by atoms with Crippen molar-refractivity contribution in [3.8, 4) is 11.3 Å². The number of benzene rings is 2. The summed E-state index contributed by atoms with van der Waals surface area (Å²) in [6.07, 6.45) is -1.57. The van der Waals surface area contributed by atoms with Crippen LogP contribution < -0.4 is 5.32 Å². The minimum Gasteiger partial charge on any atom is -0.348 e. The summed E-state index contributed by atoms with van der Waals surface area (Å²) in [5, 5.41) is 7.63. The first kappa shape index (κ1) is 21.1. The van der Waals surface area contributed by atoms with Crippen LogP contribution >= 0.6 is 23.2 Å². The number of fused-ring (bicyclic) bond motifs is 1. The van der Waals surface area contributed by atoms with Gasteiger partial charge in [0.15, 0.2) is 5.65 Å². The Morgan fingerprint density at radius 3 is 2.61 bits per heavy atom. The minimum absolute atomic E-state index is 0.0768. The number of hydrogen-bond donors (Lipinski definition) is 1. The highest BCUT2D eigenvalue weighted by atomic mass is 35.5. The van der Waals surface area contributed by atoms with Crippen molar-refractivity contribution < 1.29 is 18.0 Å². The maximum Gasteiger partial charge on any atom is 0.416 e. The van der Waals surface area contributed by atoms with E-state index in [1.165, 1.54) is 29.0 Å². The molecule has 10 heteroatoms. The number of carbonyl (C=O) groups is 1. The third-order valence-electron chi connectivity index (χ3n) is 4.57. The van der Waals surface area contributed by atoms with Gasteiger partial charge in [0.2, 0.25) is 0 Å². The van der Waals surface area contributed by atoms with Crippen molar-refractivity contribution >= 4 is 34.8 Å². The molecule has 0 fully saturated rings. The fourth-order valence-corrected chi connectivity index (χ4v) is 3.36. The first-order valence-electron chi connectivity index (χ1n) is 8.96. The molecule has 4 rings (SSSR count). The first-order valence-corrected chi connectivity index (χ1v) is 9.72. The highest BCUT2D eigenvalue weighted by molar-refractivity contribution is 6.42. The van der Waals surface area contributed by atoms with Gasteiger partial charge in [0.05, 0.1) is 27.5 Å². The van der Waals surface area contributed by atoms with Crippen molar-refractivity contribution in [1.29, 1.82) is 0 Å². The molecule has 0 atom stereocenters. The molecule has 0 aliphatic carbocycles. The Balaban J connectivity index is 1.59. The van der Waals surface area contributed by atoms with Crippen LogP contribution in [-0.2, 0) is 12.7 Å². The predicted octanol–water partition coefficient (Wildman–Crippen LogP) is 5.65. The van der Waals surface area contributed by atoms with E-state index in [9.17, 15) is 18.0 Å². The summed E-state index contributed by atoms with van der Waals surface area (Å²) >= 11 is 12.1. The molecule has 0 saturated carbocycles. The van der Waals surface area contributed by atoms with Crippen LogP contribution in [0.5, 0.6) is 0 Å². The van der Waals surface area contributed by atoms with Gasteiger partial charge in [-0.15, -0.1) is 0 Å². The third-order valence-corrected chi connectivity index (χ3v) is 5.31. The number of alkyl halides is 3. The number of nitrogens with one attached hydrogen (secondary N) is 1. The molecule has 1 N–H and O–H groups in total. The van der Waals surface area contributed by atoms with Crippen LogP contribution in [-0.4, -0.2) is 20.5 Å². The molecule has 0 bridgehead atoms. The SMILES string of the molecule is O=C(NCc1cccc(C(F)(F)F)c1)c1cnn2c(-c3ccc(Cl)c(Cl)c3)ccnc12. The second-order valence-corrected chi connectivity index (χ2v) is 7.45. The molecule has 158 valence electrons. The van der Waals surface area contributed by atoms with Gasteiger partial charge in [-0.2, -0.15) is 18.3 Å². The molecule has 0 saturated heterocycles. The Morgan fingerprint density at radius 2 is 1.87 bits per heavy atom. The van der Waals surface area contributed by atoms with Crippen molar-refractivity contribution in [3.63, 3.8) is 0 Å². The molecule has 31 heavy (non-hydrogen) atoms. The van der Waals surface area contributed by atoms with Gasteiger partial charge in [-0.1, -0.05) is 41.4 Å². The van der Waals surface area contributed by atoms with E-state index >= 15 is 0 Å². The molecule has 4 aromatic rings. The smallest absolute Gasteiger partial charge is 0.348 e. The topological polar surface area (TPSA) is 59.3 Å². The maximum atomic E-state index is 12.9. The Bertz CT molecular complexity index is 1290. The highest BCUT2D eigenvalue weighted by Gasteiger charge is 2.30. The lowest BCUT2D eigenvalue weighted by Crippen LogP contribution is -2.23. The molecule has 2 heterocycles. The predicted molar refractivity (Wildman–Crippen MR) is 111 cm³/mol. The van der Waals surface area contributed by atoms with Crippen LogP contribution in [0.1, 0.15) is 21.5 Å². The van der Waals surface area contributed by atoms with Crippen molar-refractivity contribution in [3.05, 3.63) is 87.7 Å². The van der Waals surface area contributed by atoms with Crippen LogP contribution in [0.2, 0.25) is 10.0 Å². The van der Waals surface area contributed by atoms with Crippen molar-refractivity contribution in [1.82, 2.24) is 19.9 Å². The van der Waals surface area contributed by atoms with Crippen molar-refractivity contribution in [2.24, 2.45) is 0 Å². The van der Waals surface area contributed by atoms with Gasteiger partial charge >= 0.3 is 6.18 Å². The van der Waals surface area contributed by atoms with E-state index in [2.05, 4.69) is 15.4 Å². The molecule has 0 aliphatic heterocycles. The lowest BCUT2D eigenvalue weighted by molar-refractivity contribution is -0.137. The average Bonchev–Trinajstić information content (AvgIpc) is 3.18. The minimum atomic E-state index is -4.45. The van der Waals surface area contributed by atoms with Gasteiger partial charge in [0, 0.05) is 18.3 Å². The van der Waals surface area contributed by atoms with E-state index < -0.39 is 17.6 Å². The largest absolute Gasteiger partial charge is 0.416 e. The molecule has 0 spiro atoms. The molecule has 0 aliphatic rings. The number of rotatable bonds is 4. The summed E-state index contributed by atoms with van der Waals surface area (Å²) in [7, 11) is 0. The van der Waals surface area contributed by atoms with Gasteiger partial charge in [-0.3, -0.25) is 4.79 Å². The van der Waals surface area contributed by atoms with E-state index in [0.29, 0.717) is 26.9 Å². The zero-order valence-electron chi connectivity index (χ0n) is 15.6. The third kappa shape index (κ3) is 4.35. The molecular weight excluding hydrogens is 452 g/mol. The fourth-order valence-electron chi connectivity index (χ4n) is 3.06. The van der Waals surface area contributed by atoms with E-state index in [1.807, 2.05) is 0 Å². The summed E-state index contributed by atoms with van der Waals surface area (Å²) in [5.41, 5.74) is 1.40. The van der Waals surface area contributed by atoms with Crippen LogP contribution in [0.4, 0.5) is 13.2 Å². The molecular formula is C21H13Cl2F3N4O. The second kappa shape index (κ2) is 8.20. The monoisotopic (exact) mass is 464 g/mol. The lowest BCUT2D eigenvalue weighted by atomic mass is 10.1. The van der Waals surface area contributed by atoms with Gasteiger partial charge in [-0.05, 0) is 35.9 Å². The molecule has 2 aromatic heterocycles. The van der Waals surface area contributed by atoms with Gasteiger partial charge < -0.3 is 5.32 Å². The molecule has 5 nitrogen and oxygen atoms in total. The van der Waals surface area contributed by atoms with Crippen LogP contribution in [0, 0.1) is 0 Å². The van der Waals surface area contributed by atoms with E-state index in [-0.39, 0.29) is 12.1 Å². The number of amides is 1. The number of hydrogen-bond acceptors (Lipinski definition) is 3. The van der Waals surface area contributed by atoms with Crippen LogP contribution in [0.3, 0.4) is 0 Å². The number of nitrogens with zero attached hydrogens (tertiary/aromatic N) is 3. The summed E-state index contributed by atoms with van der Waals surface area (Å²) < 4.78 is 40.1. The normalized spacial score (nSPS) is 11.6. The molecule has 2 aromatic carbocycles. The summed E-state index contributed by atoms with van der Waals surface area (Å²) in [6.45, 7) is -0.0768. The lowest BCUT2D eigenvalue weighted by Gasteiger charge is -2.09. The molecule has 1 amide bonds. The van der Waals surface area contributed by atoms with E-state index in [0.717, 1.165) is 17.7 Å². The van der Waals surface area contributed by atoms with Crippen LogP contribution in [0.25, 0.3) is 16.9 Å². The standard InChI is InChI=1S/C21H13Cl2F3N4O/c22-16-5-4-13(9-17(16)23)18-6-7-27-19-15(11-29-30(18)19)20(31)28-10-12-2-1-3-14(8-12)21(24,25)26/h1-9,11H,10H2,(H,28,31). The van der Waals surface area contributed by atoms with Crippen LogP contribution in [0.15, 0.2) is 60.9 Å². The Labute approximate surface area is 184 Å².